The molecule has 15 nitrogen and oxygen atoms in total. The van der Waals surface area contributed by atoms with Crippen LogP contribution in [0.25, 0.3) is 0 Å². The Hall–Kier alpha value is -2.85. The number of amides is 3. The fourth-order valence-corrected chi connectivity index (χ4v) is 4.29. The van der Waals surface area contributed by atoms with E-state index in [4.69, 9.17) is 4.74 Å². The van der Waals surface area contributed by atoms with Gasteiger partial charge in [0.15, 0.2) is 0 Å². The zero-order valence-electron chi connectivity index (χ0n) is 24.0. The molecule has 0 saturated carbocycles. The Morgan fingerprint density at radius 1 is 0.775 bits per heavy atom. The van der Waals surface area contributed by atoms with Crippen molar-refractivity contribution in [3.8, 4) is 0 Å². The molecule has 3 amide bonds. The summed E-state index contributed by atoms with van der Waals surface area (Å²) in [7, 11) is 2.99. The van der Waals surface area contributed by atoms with E-state index in [9.17, 15) is 34.2 Å². The quantitative estimate of drug-likeness (QED) is 0.127. The molecule has 0 radical (unpaired) electrons. The van der Waals surface area contributed by atoms with Crippen LogP contribution in [-0.4, -0.2) is 171 Å². The molecule has 40 heavy (non-hydrogen) atoms. The highest BCUT2D eigenvalue weighted by Gasteiger charge is 2.23. The zero-order valence-corrected chi connectivity index (χ0v) is 24.0. The number of hydrogen-bond acceptors (Lipinski definition) is 10. The molecular formula is C25H47N7O8. The van der Waals surface area contributed by atoms with Crippen LogP contribution in [0.4, 0.5) is 0 Å². The van der Waals surface area contributed by atoms with E-state index in [1.54, 1.807) is 4.90 Å². The predicted octanol–water partition coefficient (Wildman–Crippen LogP) is -2.83. The highest BCUT2D eigenvalue weighted by Crippen LogP contribution is 2.03. The Morgan fingerprint density at radius 3 is 1.68 bits per heavy atom. The second kappa shape index (κ2) is 20.1. The molecular weight excluding hydrogens is 526 g/mol. The third-order valence-corrected chi connectivity index (χ3v) is 6.65. The summed E-state index contributed by atoms with van der Waals surface area (Å²) in [5.74, 6) is -2.94. The van der Waals surface area contributed by atoms with Crippen molar-refractivity contribution in [1.82, 2.24) is 35.6 Å². The first-order valence-corrected chi connectivity index (χ1v) is 13.7. The first-order chi connectivity index (χ1) is 19.1. The van der Waals surface area contributed by atoms with Gasteiger partial charge in [-0.3, -0.25) is 38.7 Å². The van der Waals surface area contributed by atoms with Crippen LogP contribution in [0, 0.1) is 0 Å². The molecule has 1 saturated heterocycles. The molecule has 0 spiro atoms. The van der Waals surface area contributed by atoms with E-state index in [-0.39, 0.29) is 44.3 Å². The molecule has 1 atom stereocenters. The van der Waals surface area contributed by atoms with Crippen LogP contribution < -0.4 is 16.0 Å². The highest BCUT2D eigenvalue weighted by molar-refractivity contribution is 5.88. The number of carboxylic acid groups (broad SMARTS) is 2. The number of nitrogens with zero attached hydrogens (tertiary/aromatic N) is 4. The topological polar surface area (TPSA) is 184 Å². The molecule has 1 aliphatic rings. The summed E-state index contributed by atoms with van der Waals surface area (Å²) >= 11 is 0. The molecule has 1 aliphatic heterocycles. The average Bonchev–Trinajstić information content (AvgIpc) is 2.90. The number of methoxy groups -OCH3 is 1. The van der Waals surface area contributed by atoms with Gasteiger partial charge in [0.05, 0.1) is 26.2 Å². The lowest BCUT2D eigenvalue weighted by atomic mass is 10.1. The van der Waals surface area contributed by atoms with Crippen molar-refractivity contribution in [3.63, 3.8) is 0 Å². The number of carbonyl (C=O) groups is 5. The van der Waals surface area contributed by atoms with E-state index in [1.807, 2.05) is 16.7 Å². The van der Waals surface area contributed by atoms with Crippen molar-refractivity contribution in [2.75, 3.05) is 106 Å². The molecule has 15 heteroatoms. The third-order valence-electron chi connectivity index (χ3n) is 6.65. The van der Waals surface area contributed by atoms with Gasteiger partial charge < -0.3 is 35.8 Å². The van der Waals surface area contributed by atoms with Crippen LogP contribution in [0.1, 0.15) is 19.8 Å². The van der Waals surface area contributed by atoms with E-state index in [0.29, 0.717) is 65.5 Å². The summed E-state index contributed by atoms with van der Waals surface area (Å²) in [6.45, 7) is 7.02. The van der Waals surface area contributed by atoms with Gasteiger partial charge in [0, 0.05) is 79.5 Å². The fourth-order valence-electron chi connectivity index (χ4n) is 4.29. The van der Waals surface area contributed by atoms with E-state index < -0.39 is 23.9 Å². The fraction of sp³-hybridized carbons (Fsp3) is 0.800. The lowest BCUT2D eigenvalue weighted by Gasteiger charge is -2.33. The number of ether oxygens (including phenoxy) is 1. The maximum absolute atomic E-state index is 13.0. The molecule has 0 aromatic carbocycles. The van der Waals surface area contributed by atoms with Crippen LogP contribution in [0.2, 0.25) is 0 Å². The smallest absolute Gasteiger partial charge is 0.317 e. The number of aliphatic carboxylic acids is 2. The van der Waals surface area contributed by atoms with Gasteiger partial charge in [-0.2, -0.15) is 0 Å². The summed E-state index contributed by atoms with van der Waals surface area (Å²) < 4.78 is 4.90. The van der Waals surface area contributed by atoms with Crippen molar-refractivity contribution >= 4 is 29.7 Å². The van der Waals surface area contributed by atoms with Crippen molar-refractivity contribution in [3.05, 3.63) is 0 Å². The summed E-state index contributed by atoms with van der Waals surface area (Å²) in [6.07, 6.45) is 0.188. The predicted molar refractivity (Wildman–Crippen MR) is 147 cm³/mol. The number of rotatable bonds is 15. The molecule has 0 aromatic heterocycles. The second-order valence-electron chi connectivity index (χ2n) is 9.67. The Balaban J connectivity index is 2.86. The molecule has 0 aromatic rings. The highest BCUT2D eigenvalue weighted by atomic mass is 16.5. The SMILES string of the molecule is CCN1CCN(CC(=O)O)CCN(CC(=O)O)CCN(CC(=O)N[C@H](CCC(=O)NCCOC)C(=O)NC)CC1. The third kappa shape index (κ3) is 15.7. The minimum absolute atomic E-state index is 0.00284. The van der Waals surface area contributed by atoms with Gasteiger partial charge in [0.2, 0.25) is 17.7 Å². The van der Waals surface area contributed by atoms with Crippen LogP contribution in [0.15, 0.2) is 0 Å². The lowest BCUT2D eigenvalue weighted by Crippen LogP contribution is -2.51. The summed E-state index contributed by atoms with van der Waals surface area (Å²) in [5, 5.41) is 26.6. The van der Waals surface area contributed by atoms with Gasteiger partial charge in [-0.15, -0.1) is 0 Å². The lowest BCUT2D eigenvalue weighted by molar-refractivity contribution is -0.140. The van der Waals surface area contributed by atoms with Gasteiger partial charge in [0.25, 0.3) is 0 Å². The molecule has 230 valence electrons. The van der Waals surface area contributed by atoms with Gasteiger partial charge in [-0.25, -0.2) is 0 Å². The molecule has 1 rings (SSSR count). The monoisotopic (exact) mass is 573 g/mol. The minimum Gasteiger partial charge on any atom is -0.480 e. The summed E-state index contributed by atoms with van der Waals surface area (Å²) in [5.41, 5.74) is 0. The number of carbonyl (C=O) groups excluding carboxylic acids is 3. The maximum Gasteiger partial charge on any atom is 0.317 e. The minimum atomic E-state index is -0.988. The number of nitrogens with one attached hydrogen (secondary N) is 3. The second-order valence-corrected chi connectivity index (χ2v) is 9.67. The number of likely N-dealkylation sites (N-methyl/N-ethyl adjacent to an activating group) is 2. The number of hydrogen-bond donors (Lipinski definition) is 5. The van der Waals surface area contributed by atoms with Gasteiger partial charge >= 0.3 is 11.9 Å². The van der Waals surface area contributed by atoms with Crippen molar-refractivity contribution < 1.29 is 38.9 Å². The summed E-state index contributed by atoms with van der Waals surface area (Å²) in [6, 6.07) is -0.881. The molecule has 0 unspecified atom stereocenters. The van der Waals surface area contributed by atoms with E-state index in [1.165, 1.54) is 14.2 Å². The van der Waals surface area contributed by atoms with Crippen LogP contribution in [-0.2, 0) is 28.7 Å². The standard InChI is InChI=1S/C25H47N7O8/c1-4-29-8-10-30(12-13-32(19-24(37)38)15-14-31(11-9-29)18-23(35)36)17-22(34)28-20(25(39)26-2)5-6-21(33)27-7-16-40-3/h20H,4-19H2,1-3H3,(H,26,39)(H,27,33)(H,28,34)(H,35,36)(H,37,38)/t20-/m1/s1. The molecule has 0 bridgehead atoms. The first kappa shape index (κ1) is 35.2. The molecule has 0 aliphatic carbocycles. The van der Waals surface area contributed by atoms with Gasteiger partial charge in [-0.05, 0) is 13.0 Å². The van der Waals surface area contributed by atoms with Crippen molar-refractivity contribution in [1.29, 1.82) is 0 Å². The maximum atomic E-state index is 13.0. The van der Waals surface area contributed by atoms with Crippen LogP contribution >= 0.6 is 0 Å². The Kier molecular flexibility index (Phi) is 17.7. The van der Waals surface area contributed by atoms with Crippen LogP contribution in [0.3, 0.4) is 0 Å². The van der Waals surface area contributed by atoms with E-state index in [0.717, 1.165) is 6.54 Å². The van der Waals surface area contributed by atoms with Crippen LogP contribution in [0.5, 0.6) is 0 Å². The summed E-state index contributed by atoms with van der Waals surface area (Å²) in [4.78, 5) is 67.8. The Labute approximate surface area is 236 Å². The largest absolute Gasteiger partial charge is 0.480 e. The van der Waals surface area contributed by atoms with Gasteiger partial charge in [0.1, 0.15) is 6.04 Å². The Morgan fingerprint density at radius 2 is 1.25 bits per heavy atom. The molecule has 1 heterocycles. The van der Waals surface area contributed by atoms with Crippen molar-refractivity contribution in [2.45, 2.75) is 25.8 Å². The van der Waals surface area contributed by atoms with E-state index >= 15 is 0 Å². The first-order valence-electron chi connectivity index (χ1n) is 13.7. The van der Waals surface area contributed by atoms with Gasteiger partial charge in [-0.1, -0.05) is 6.92 Å². The normalized spacial score (nSPS) is 17.7. The van der Waals surface area contributed by atoms with Crippen molar-refractivity contribution in [2.24, 2.45) is 0 Å². The Bertz CT molecular complexity index is 816. The van der Waals surface area contributed by atoms with E-state index in [2.05, 4.69) is 20.9 Å². The molecule has 5 N–H and O–H groups in total. The zero-order chi connectivity index (χ0) is 29.9. The number of carboxylic acids is 2. The average molecular weight is 574 g/mol. The molecule has 1 fully saturated rings.